The second kappa shape index (κ2) is 8.43. The van der Waals surface area contributed by atoms with Crippen molar-refractivity contribution in [3.8, 4) is 0 Å². The van der Waals surface area contributed by atoms with Gasteiger partial charge in [0.05, 0.1) is 12.6 Å². The first-order valence-corrected chi connectivity index (χ1v) is 6.61. The molecular formula is C15H22N2O2. The average Bonchev–Trinajstić information content (AvgIpc) is 2.38. The Bertz CT molecular complexity index is 390. The maximum Gasteiger partial charge on any atom is 0.234 e. The van der Waals surface area contributed by atoms with Crippen LogP contribution in [0.1, 0.15) is 25.8 Å². The van der Waals surface area contributed by atoms with Crippen LogP contribution >= 0.6 is 0 Å². The number of aldehydes is 1. The van der Waals surface area contributed by atoms with Crippen molar-refractivity contribution >= 4 is 12.2 Å². The minimum Gasteiger partial charge on any atom is -0.345 e. The molecule has 0 saturated carbocycles. The molecule has 0 fully saturated rings. The summed E-state index contributed by atoms with van der Waals surface area (Å²) in [5, 5.41) is 5.77. The van der Waals surface area contributed by atoms with Gasteiger partial charge >= 0.3 is 0 Å². The highest BCUT2D eigenvalue weighted by molar-refractivity contribution is 5.81. The molecule has 1 rings (SSSR count). The zero-order chi connectivity index (χ0) is 14.1. The summed E-state index contributed by atoms with van der Waals surface area (Å²) in [7, 11) is 0. The SMILES string of the molecule is CC(C)C[C@@H](C=O)NC(=O)CNCc1ccccc1. The Hall–Kier alpha value is -1.68. The first kappa shape index (κ1) is 15.4. The zero-order valence-corrected chi connectivity index (χ0v) is 11.6. The molecule has 0 radical (unpaired) electrons. The third kappa shape index (κ3) is 6.72. The number of hydrogen-bond donors (Lipinski definition) is 2. The molecule has 1 amide bonds. The number of rotatable bonds is 8. The van der Waals surface area contributed by atoms with Crippen molar-refractivity contribution in [3.05, 3.63) is 35.9 Å². The maximum atomic E-state index is 11.7. The Morgan fingerprint density at radius 2 is 1.95 bits per heavy atom. The van der Waals surface area contributed by atoms with Gasteiger partial charge in [-0.15, -0.1) is 0 Å². The predicted octanol–water partition coefficient (Wildman–Crippen LogP) is 1.51. The lowest BCUT2D eigenvalue weighted by molar-refractivity contribution is -0.123. The monoisotopic (exact) mass is 262 g/mol. The van der Waals surface area contributed by atoms with Gasteiger partial charge in [-0.3, -0.25) is 4.79 Å². The van der Waals surface area contributed by atoms with Gasteiger partial charge in [-0.05, 0) is 17.9 Å². The van der Waals surface area contributed by atoms with Crippen molar-refractivity contribution < 1.29 is 9.59 Å². The van der Waals surface area contributed by atoms with E-state index >= 15 is 0 Å². The molecule has 2 N–H and O–H groups in total. The molecule has 4 heteroatoms. The Morgan fingerprint density at radius 3 is 2.53 bits per heavy atom. The lowest BCUT2D eigenvalue weighted by atomic mass is 10.1. The van der Waals surface area contributed by atoms with Gasteiger partial charge < -0.3 is 15.4 Å². The standard InChI is InChI=1S/C15H22N2O2/c1-12(2)8-14(11-18)17-15(19)10-16-9-13-6-4-3-5-7-13/h3-7,11-12,14,16H,8-10H2,1-2H3,(H,17,19)/t14-/m0/s1. The van der Waals surface area contributed by atoms with E-state index in [1.807, 2.05) is 44.2 Å². The zero-order valence-electron chi connectivity index (χ0n) is 11.6. The molecule has 0 heterocycles. The number of carbonyl (C=O) groups is 2. The van der Waals surface area contributed by atoms with Gasteiger partial charge in [0.25, 0.3) is 0 Å². The van der Waals surface area contributed by atoms with Crippen molar-refractivity contribution in [2.45, 2.75) is 32.9 Å². The van der Waals surface area contributed by atoms with E-state index in [1.54, 1.807) is 0 Å². The third-order valence-electron chi connectivity index (χ3n) is 2.69. The number of benzene rings is 1. The Morgan fingerprint density at radius 1 is 1.26 bits per heavy atom. The summed E-state index contributed by atoms with van der Waals surface area (Å²) in [5.41, 5.74) is 1.13. The van der Waals surface area contributed by atoms with Gasteiger partial charge in [-0.1, -0.05) is 44.2 Å². The largest absolute Gasteiger partial charge is 0.345 e. The fourth-order valence-corrected chi connectivity index (χ4v) is 1.83. The molecule has 1 atom stereocenters. The summed E-state index contributed by atoms with van der Waals surface area (Å²) in [4.78, 5) is 22.5. The third-order valence-corrected chi connectivity index (χ3v) is 2.69. The Balaban J connectivity index is 2.25. The number of nitrogens with one attached hydrogen (secondary N) is 2. The van der Waals surface area contributed by atoms with E-state index in [9.17, 15) is 9.59 Å². The van der Waals surface area contributed by atoms with Crippen molar-refractivity contribution in [2.24, 2.45) is 5.92 Å². The summed E-state index contributed by atoms with van der Waals surface area (Å²) in [5.74, 6) is 0.237. The maximum absolute atomic E-state index is 11.7. The van der Waals surface area contributed by atoms with Gasteiger partial charge in [0, 0.05) is 6.54 Å². The van der Waals surface area contributed by atoms with E-state index in [4.69, 9.17) is 0 Å². The van der Waals surface area contributed by atoms with Crippen LogP contribution in [0.3, 0.4) is 0 Å². The summed E-state index contributed by atoms with van der Waals surface area (Å²) >= 11 is 0. The predicted molar refractivity (Wildman–Crippen MR) is 75.6 cm³/mol. The van der Waals surface area contributed by atoms with E-state index in [-0.39, 0.29) is 18.5 Å². The van der Waals surface area contributed by atoms with Crippen LogP contribution in [0.5, 0.6) is 0 Å². The molecule has 0 bridgehead atoms. The fourth-order valence-electron chi connectivity index (χ4n) is 1.83. The van der Waals surface area contributed by atoms with Crippen LogP contribution in [-0.2, 0) is 16.1 Å². The van der Waals surface area contributed by atoms with Crippen LogP contribution in [0.4, 0.5) is 0 Å². The van der Waals surface area contributed by atoms with Gasteiger partial charge in [-0.25, -0.2) is 0 Å². The van der Waals surface area contributed by atoms with Crippen LogP contribution in [0.25, 0.3) is 0 Å². The van der Waals surface area contributed by atoms with Gasteiger partial charge in [-0.2, -0.15) is 0 Å². The fraction of sp³-hybridized carbons (Fsp3) is 0.467. The van der Waals surface area contributed by atoms with Gasteiger partial charge in [0.1, 0.15) is 6.29 Å². The number of hydrogen-bond acceptors (Lipinski definition) is 3. The van der Waals surface area contributed by atoms with E-state index in [2.05, 4.69) is 10.6 Å². The summed E-state index contributed by atoms with van der Waals surface area (Å²) in [6.45, 7) is 4.91. The van der Waals surface area contributed by atoms with Crippen LogP contribution in [0.2, 0.25) is 0 Å². The van der Waals surface area contributed by atoms with E-state index < -0.39 is 0 Å². The normalized spacial score (nSPS) is 12.2. The highest BCUT2D eigenvalue weighted by Gasteiger charge is 2.12. The van der Waals surface area contributed by atoms with Crippen LogP contribution in [0.15, 0.2) is 30.3 Å². The summed E-state index contributed by atoms with van der Waals surface area (Å²) in [6, 6.07) is 9.49. The molecule has 0 aromatic heterocycles. The minimum atomic E-state index is -0.383. The lowest BCUT2D eigenvalue weighted by Crippen LogP contribution is -2.41. The molecule has 0 spiro atoms. The summed E-state index contributed by atoms with van der Waals surface area (Å²) < 4.78 is 0. The number of amides is 1. The molecule has 1 aromatic carbocycles. The molecular weight excluding hydrogens is 240 g/mol. The second-order valence-electron chi connectivity index (χ2n) is 5.03. The average molecular weight is 262 g/mol. The first-order chi connectivity index (χ1) is 9.11. The lowest BCUT2D eigenvalue weighted by Gasteiger charge is -2.15. The Kier molecular flexibility index (Phi) is 6.82. The second-order valence-corrected chi connectivity index (χ2v) is 5.03. The number of carbonyl (C=O) groups excluding carboxylic acids is 2. The van der Waals surface area contributed by atoms with Crippen molar-refractivity contribution in [1.29, 1.82) is 0 Å². The highest BCUT2D eigenvalue weighted by Crippen LogP contribution is 2.02. The minimum absolute atomic E-state index is 0.145. The van der Waals surface area contributed by atoms with Crippen LogP contribution < -0.4 is 10.6 Å². The molecule has 0 aliphatic heterocycles. The molecule has 0 aliphatic rings. The van der Waals surface area contributed by atoms with E-state index in [1.165, 1.54) is 0 Å². The molecule has 19 heavy (non-hydrogen) atoms. The van der Waals surface area contributed by atoms with Crippen LogP contribution in [-0.4, -0.2) is 24.8 Å². The van der Waals surface area contributed by atoms with Crippen molar-refractivity contribution in [1.82, 2.24) is 10.6 Å². The smallest absolute Gasteiger partial charge is 0.234 e. The van der Waals surface area contributed by atoms with E-state index in [0.29, 0.717) is 18.9 Å². The first-order valence-electron chi connectivity index (χ1n) is 6.61. The molecule has 4 nitrogen and oxygen atoms in total. The molecule has 0 aliphatic carbocycles. The Labute approximate surface area is 114 Å². The molecule has 0 unspecified atom stereocenters. The van der Waals surface area contributed by atoms with Gasteiger partial charge in [0.2, 0.25) is 5.91 Å². The molecule has 104 valence electrons. The van der Waals surface area contributed by atoms with Gasteiger partial charge in [0.15, 0.2) is 0 Å². The quantitative estimate of drug-likeness (QED) is 0.698. The van der Waals surface area contributed by atoms with Crippen LogP contribution in [0, 0.1) is 5.92 Å². The topological polar surface area (TPSA) is 58.2 Å². The molecule has 0 saturated heterocycles. The van der Waals surface area contributed by atoms with Crippen molar-refractivity contribution in [3.63, 3.8) is 0 Å². The summed E-state index contributed by atoms with van der Waals surface area (Å²) in [6.07, 6.45) is 1.48. The molecule has 1 aromatic rings. The van der Waals surface area contributed by atoms with Crippen molar-refractivity contribution in [2.75, 3.05) is 6.54 Å². The van der Waals surface area contributed by atoms with E-state index in [0.717, 1.165) is 11.8 Å². The highest BCUT2D eigenvalue weighted by atomic mass is 16.2.